The SMILES string of the molecule is Cc1ccc(C(C)(C)c2ccc(Oc3ccnc(-n4cc(F)cn4)c3)cc2)cc1. The van der Waals surface area contributed by atoms with Crippen molar-refractivity contribution in [3.8, 4) is 17.3 Å². The Morgan fingerprint density at radius 1 is 0.897 bits per heavy atom. The lowest BCUT2D eigenvalue weighted by Crippen LogP contribution is -2.18. The van der Waals surface area contributed by atoms with E-state index in [0.29, 0.717) is 11.6 Å². The summed E-state index contributed by atoms with van der Waals surface area (Å²) in [6.45, 7) is 6.52. The largest absolute Gasteiger partial charge is 0.457 e. The first-order chi connectivity index (χ1) is 13.9. The zero-order valence-electron chi connectivity index (χ0n) is 16.6. The van der Waals surface area contributed by atoms with E-state index in [1.54, 1.807) is 18.3 Å². The van der Waals surface area contributed by atoms with Gasteiger partial charge in [0.2, 0.25) is 0 Å². The van der Waals surface area contributed by atoms with Crippen LogP contribution in [0.3, 0.4) is 0 Å². The van der Waals surface area contributed by atoms with Crippen molar-refractivity contribution in [1.29, 1.82) is 0 Å². The predicted molar refractivity (Wildman–Crippen MR) is 111 cm³/mol. The normalized spacial score (nSPS) is 11.4. The lowest BCUT2D eigenvalue weighted by atomic mass is 9.78. The molecule has 2 aromatic heterocycles. The highest BCUT2D eigenvalue weighted by Gasteiger charge is 2.22. The van der Waals surface area contributed by atoms with Gasteiger partial charge < -0.3 is 4.74 Å². The fraction of sp³-hybridized carbons (Fsp3) is 0.167. The highest BCUT2D eigenvalue weighted by Crippen LogP contribution is 2.33. The van der Waals surface area contributed by atoms with Crippen LogP contribution < -0.4 is 4.74 Å². The minimum atomic E-state index is -0.412. The molecule has 2 aromatic carbocycles. The van der Waals surface area contributed by atoms with Crippen molar-refractivity contribution in [3.63, 3.8) is 0 Å². The maximum Gasteiger partial charge on any atom is 0.161 e. The summed E-state index contributed by atoms with van der Waals surface area (Å²) < 4.78 is 20.5. The van der Waals surface area contributed by atoms with Crippen LogP contribution >= 0.6 is 0 Å². The quantitative estimate of drug-likeness (QED) is 0.432. The maximum absolute atomic E-state index is 13.2. The van der Waals surface area contributed by atoms with Crippen LogP contribution in [-0.4, -0.2) is 14.8 Å². The van der Waals surface area contributed by atoms with E-state index in [-0.39, 0.29) is 5.41 Å². The van der Waals surface area contributed by atoms with Crippen LogP contribution in [0.5, 0.6) is 11.5 Å². The fourth-order valence-electron chi connectivity index (χ4n) is 3.23. The van der Waals surface area contributed by atoms with Crippen LogP contribution in [0, 0.1) is 12.7 Å². The third-order valence-electron chi connectivity index (χ3n) is 5.09. The lowest BCUT2D eigenvalue weighted by Gasteiger charge is -2.26. The minimum Gasteiger partial charge on any atom is -0.457 e. The molecule has 0 bridgehead atoms. The van der Waals surface area contributed by atoms with E-state index in [0.717, 1.165) is 11.9 Å². The van der Waals surface area contributed by atoms with E-state index in [4.69, 9.17) is 4.74 Å². The summed E-state index contributed by atoms with van der Waals surface area (Å²) in [5.41, 5.74) is 3.61. The van der Waals surface area contributed by atoms with Gasteiger partial charge in [-0.1, -0.05) is 55.8 Å². The molecule has 29 heavy (non-hydrogen) atoms. The van der Waals surface area contributed by atoms with Crippen LogP contribution in [0.25, 0.3) is 5.82 Å². The number of benzene rings is 2. The van der Waals surface area contributed by atoms with Gasteiger partial charge in [-0.3, -0.25) is 0 Å². The van der Waals surface area contributed by atoms with Crippen molar-refractivity contribution in [2.75, 3.05) is 0 Å². The molecule has 0 unspecified atom stereocenters. The van der Waals surface area contributed by atoms with Crippen LogP contribution in [0.2, 0.25) is 0 Å². The van der Waals surface area contributed by atoms with Crippen LogP contribution in [0.4, 0.5) is 4.39 Å². The summed E-state index contributed by atoms with van der Waals surface area (Å²) in [5.74, 6) is 1.40. The number of pyridine rings is 1. The Balaban J connectivity index is 1.53. The second-order valence-corrected chi connectivity index (χ2v) is 7.57. The van der Waals surface area contributed by atoms with Crippen LogP contribution in [0.1, 0.15) is 30.5 Å². The first-order valence-electron chi connectivity index (χ1n) is 9.44. The summed E-state index contributed by atoms with van der Waals surface area (Å²) in [7, 11) is 0. The summed E-state index contributed by atoms with van der Waals surface area (Å²) in [5, 5.41) is 3.93. The standard InChI is InChI=1S/C24H22FN3O/c1-17-4-6-18(7-5-17)24(2,3)19-8-10-21(11-9-19)29-22-12-13-26-23(14-22)28-16-20(25)15-27-28/h4-16H,1-3H3. The van der Waals surface area contributed by atoms with E-state index >= 15 is 0 Å². The molecule has 4 aromatic rings. The van der Waals surface area contributed by atoms with Crippen molar-refractivity contribution in [2.24, 2.45) is 0 Å². The Bertz CT molecular complexity index is 1120. The number of aryl methyl sites for hydroxylation is 1. The van der Waals surface area contributed by atoms with Gasteiger partial charge in [-0.25, -0.2) is 14.1 Å². The Kier molecular flexibility index (Phi) is 4.89. The Morgan fingerprint density at radius 3 is 2.17 bits per heavy atom. The smallest absolute Gasteiger partial charge is 0.161 e. The number of halogens is 1. The molecule has 0 spiro atoms. The number of aromatic nitrogens is 3. The van der Waals surface area contributed by atoms with Gasteiger partial charge in [0.1, 0.15) is 11.5 Å². The summed E-state index contributed by atoms with van der Waals surface area (Å²) in [4.78, 5) is 4.20. The molecule has 0 saturated heterocycles. The molecule has 2 heterocycles. The van der Waals surface area contributed by atoms with E-state index in [9.17, 15) is 4.39 Å². The van der Waals surface area contributed by atoms with Crippen molar-refractivity contribution < 1.29 is 9.13 Å². The number of hydrogen-bond donors (Lipinski definition) is 0. The molecular formula is C24H22FN3O. The maximum atomic E-state index is 13.2. The number of rotatable bonds is 5. The molecule has 0 atom stereocenters. The lowest BCUT2D eigenvalue weighted by molar-refractivity contribution is 0.480. The topological polar surface area (TPSA) is 39.9 Å². The Morgan fingerprint density at radius 2 is 1.55 bits per heavy atom. The van der Waals surface area contributed by atoms with E-state index in [2.05, 4.69) is 67.3 Å². The van der Waals surface area contributed by atoms with Gasteiger partial charge in [0, 0.05) is 17.7 Å². The third-order valence-corrected chi connectivity index (χ3v) is 5.09. The molecular weight excluding hydrogens is 365 g/mol. The molecule has 146 valence electrons. The Labute approximate surface area is 169 Å². The molecule has 0 N–H and O–H groups in total. The monoisotopic (exact) mass is 387 g/mol. The molecule has 5 heteroatoms. The predicted octanol–water partition coefficient (Wildman–Crippen LogP) is 5.83. The Hall–Kier alpha value is -3.47. The molecule has 0 amide bonds. The third kappa shape index (κ3) is 4.04. The van der Waals surface area contributed by atoms with Gasteiger partial charge in [0.05, 0.1) is 12.4 Å². The van der Waals surface area contributed by atoms with Gasteiger partial charge in [-0.15, -0.1) is 0 Å². The van der Waals surface area contributed by atoms with Crippen molar-refractivity contribution >= 4 is 0 Å². The van der Waals surface area contributed by atoms with E-state index < -0.39 is 5.82 Å². The van der Waals surface area contributed by atoms with E-state index in [1.807, 2.05) is 12.1 Å². The summed E-state index contributed by atoms with van der Waals surface area (Å²) in [6.07, 6.45) is 4.02. The molecule has 0 aliphatic carbocycles. The average molecular weight is 387 g/mol. The number of nitrogens with zero attached hydrogens (tertiary/aromatic N) is 3. The molecule has 4 rings (SSSR count). The van der Waals surface area contributed by atoms with Crippen LogP contribution in [0.15, 0.2) is 79.3 Å². The number of hydrogen-bond acceptors (Lipinski definition) is 3. The van der Waals surface area contributed by atoms with Crippen molar-refractivity contribution in [2.45, 2.75) is 26.2 Å². The van der Waals surface area contributed by atoms with Gasteiger partial charge in [0.15, 0.2) is 11.6 Å². The van der Waals surface area contributed by atoms with Crippen molar-refractivity contribution in [3.05, 3.63) is 102 Å². The van der Waals surface area contributed by atoms with Gasteiger partial charge in [-0.05, 0) is 36.2 Å². The molecule has 0 fully saturated rings. The van der Waals surface area contributed by atoms with E-state index in [1.165, 1.54) is 27.6 Å². The zero-order valence-corrected chi connectivity index (χ0v) is 16.6. The summed E-state index contributed by atoms with van der Waals surface area (Å²) >= 11 is 0. The molecule has 0 saturated carbocycles. The van der Waals surface area contributed by atoms with Gasteiger partial charge >= 0.3 is 0 Å². The van der Waals surface area contributed by atoms with Gasteiger partial charge in [0.25, 0.3) is 0 Å². The first kappa shape index (κ1) is 18.9. The second-order valence-electron chi connectivity index (χ2n) is 7.57. The zero-order chi connectivity index (χ0) is 20.4. The number of ether oxygens (including phenoxy) is 1. The second kappa shape index (κ2) is 7.51. The summed E-state index contributed by atoms with van der Waals surface area (Å²) in [6, 6.07) is 20.2. The minimum absolute atomic E-state index is 0.111. The van der Waals surface area contributed by atoms with Crippen molar-refractivity contribution in [1.82, 2.24) is 14.8 Å². The molecule has 0 aliphatic heterocycles. The molecule has 0 aliphatic rings. The first-order valence-corrected chi connectivity index (χ1v) is 9.44. The molecule has 0 radical (unpaired) electrons. The fourth-order valence-corrected chi connectivity index (χ4v) is 3.23. The highest BCUT2D eigenvalue weighted by molar-refractivity contribution is 5.42. The highest BCUT2D eigenvalue weighted by atomic mass is 19.1. The molecule has 4 nitrogen and oxygen atoms in total. The van der Waals surface area contributed by atoms with Crippen LogP contribution in [-0.2, 0) is 5.41 Å². The average Bonchev–Trinajstić information content (AvgIpc) is 3.15. The van der Waals surface area contributed by atoms with Gasteiger partial charge in [-0.2, -0.15) is 5.10 Å².